The van der Waals surface area contributed by atoms with Crippen LogP contribution in [0.5, 0.6) is 5.75 Å². The molecule has 2 aromatic rings. The van der Waals surface area contributed by atoms with Crippen LogP contribution in [-0.2, 0) is 33.2 Å². The molecule has 2 N–H and O–H groups in total. The maximum absolute atomic E-state index is 11.1. The second kappa shape index (κ2) is 22.6. The largest absolute Gasteiger partial charge is 0.491 e. The summed E-state index contributed by atoms with van der Waals surface area (Å²) in [5, 5.41) is 27.5. The van der Waals surface area contributed by atoms with Gasteiger partial charge in [-0.3, -0.25) is 25.0 Å². The van der Waals surface area contributed by atoms with Crippen molar-refractivity contribution in [2.75, 3.05) is 103 Å². The predicted octanol–water partition coefficient (Wildman–Crippen LogP) is 3.05. The van der Waals surface area contributed by atoms with Crippen LogP contribution in [0.3, 0.4) is 0 Å². The number of carbonyl (C=O) groups excluding carboxylic acids is 1. The summed E-state index contributed by atoms with van der Waals surface area (Å²) in [7, 11) is 0. The number of benzene rings is 2. The maximum Gasteiger partial charge on any atom is 0.299 e. The summed E-state index contributed by atoms with van der Waals surface area (Å²) in [6.07, 6.45) is 0. The van der Waals surface area contributed by atoms with E-state index in [-0.39, 0.29) is 36.1 Å². The normalized spacial score (nSPS) is 10.8. The minimum atomic E-state index is -0.684. The van der Waals surface area contributed by atoms with Crippen LogP contribution in [0.2, 0.25) is 0 Å². The Morgan fingerprint density at radius 2 is 1.14 bits per heavy atom. The van der Waals surface area contributed by atoms with E-state index in [2.05, 4.69) is 10.6 Å². The lowest BCUT2D eigenvalue weighted by Gasteiger charge is -2.09. The first-order valence-corrected chi connectivity index (χ1v) is 14.0. The Bertz CT molecular complexity index is 1120. The fraction of sp³-hybridized carbons (Fsp3) is 0.536. The van der Waals surface area contributed by atoms with Gasteiger partial charge in [0.1, 0.15) is 18.0 Å². The summed E-state index contributed by atoms with van der Waals surface area (Å²) < 4.78 is 38.2. The van der Waals surface area contributed by atoms with E-state index in [1.165, 1.54) is 19.1 Å². The number of nitrogens with zero attached hydrogens (tertiary/aromatic N) is 2. The fourth-order valence-electron chi connectivity index (χ4n) is 3.45. The first kappa shape index (κ1) is 36.3. The third-order valence-corrected chi connectivity index (χ3v) is 5.48. The highest BCUT2D eigenvalue weighted by Gasteiger charge is 2.19. The number of carbonyl (C=O) groups is 1. The predicted molar refractivity (Wildman–Crippen MR) is 159 cm³/mol. The standard InChI is InChI=1S/C28H40N4O12/c1-23(33)30-24-2-5-26(6-3-24)44-21-20-43-19-18-42-17-16-41-15-14-40-13-12-39-11-10-38-9-8-29-27-7-4-25(31(34)35)22-28(27)32(36)37/h2-7,22,29H,8-21H2,1H3,(H,30,33). The summed E-state index contributed by atoms with van der Waals surface area (Å²) in [4.78, 5) is 31.6. The van der Waals surface area contributed by atoms with Crippen molar-refractivity contribution in [3.05, 3.63) is 62.7 Å². The highest BCUT2D eigenvalue weighted by Crippen LogP contribution is 2.28. The molecule has 16 nitrogen and oxygen atoms in total. The molecule has 44 heavy (non-hydrogen) atoms. The van der Waals surface area contributed by atoms with E-state index in [0.717, 1.165) is 6.07 Å². The zero-order valence-electron chi connectivity index (χ0n) is 24.7. The third-order valence-electron chi connectivity index (χ3n) is 5.48. The molecule has 0 saturated carbocycles. The Kier molecular flexibility index (Phi) is 18.6. The average molecular weight is 625 g/mol. The summed E-state index contributed by atoms with van der Waals surface area (Å²) >= 11 is 0. The smallest absolute Gasteiger partial charge is 0.299 e. The van der Waals surface area contributed by atoms with Gasteiger partial charge < -0.3 is 43.8 Å². The number of anilines is 2. The van der Waals surface area contributed by atoms with Gasteiger partial charge in [0.15, 0.2) is 0 Å². The van der Waals surface area contributed by atoms with Crippen LogP contribution in [0, 0.1) is 20.2 Å². The van der Waals surface area contributed by atoms with Crippen LogP contribution >= 0.6 is 0 Å². The number of nitro benzene ring substituents is 2. The van der Waals surface area contributed by atoms with Crippen molar-refractivity contribution in [2.45, 2.75) is 6.92 Å². The fourth-order valence-corrected chi connectivity index (χ4v) is 3.45. The molecule has 0 bridgehead atoms. The van der Waals surface area contributed by atoms with E-state index in [4.69, 9.17) is 33.2 Å². The van der Waals surface area contributed by atoms with Gasteiger partial charge in [-0.05, 0) is 30.3 Å². The summed E-state index contributed by atoms with van der Waals surface area (Å²) in [6.45, 7) is 7.02. The van der Waals surface area contributed by atoms with Crippen LogP contribution < -0.4 is 15.4 Å². The van der Waals surface area contributed by atoms with Crippen molar-refractivity contribution in [3.8, 4) is 5.75 Å². The van der Waals surface area contributed by atoms with Crippen LogP contribution in [0.4, 0.5) is 22.7 Å². The van der Waals surface area contributed by atoms with Crippen LogP contribution in [0.25, 0.3) is 0 Å². The first-order valence-electron chi connectivity index (χ1n) is 14.0. The first-order chi connectivity index (χ1) is 21.4. The van der Waals surface area contributed by atoms with Crippen molar-refractivity contribution in [3.63, 3.8) is 0 Å². The van der Waals surface area contributed by atoms with Crippen molar-refractivity contribution >= 4 is 28.7 Å². The average Bonchev–Trinajstić information content (AvgIpc) is 3.00. The number of ether oxygens (including phenoxy) is 7. The van der Waals surface area contributed by atoms with E-state index >= 15 is 0 Å². The van der Waals surface area contributed by atoms with E-state index in [1.54, 1.807) is 24.3 Å². The van der Waals surface area contributed by atoms with E-state index in [9.17, 15) is 25.0 Å². The molecule has 0 atom stereocenters. The van der Waals surface area contributed by atoms with Gasteiger partial charge in [0.05, 0.1) is 95.2 Å². The maximum atomic E-state index is 11.1. The number of rotatable bonds is 26. The number of nitro groups is 2. The summed E-state index contributed by atoms with van der Waals surface area (Å²) in [5.74, 6) is 0.573. The molecule has 0 aromatic heterocycles. The molecule has 0 radical (unpaired) electrons. The molecule has 244 valence electrons. The number of hydrogen-bond donors (Lipinski definition) is 2. The van der Waals surface area contributed by atoms with Crippen molar-refractivity contribution < 1.29 is 47.8 Å². The molecular weight excluding hydrogens is 584 g/mol. The Morgan fingerprint density at radius 3 is 1.59 bits per heavy atom. The van der Waals surface area contributed by atoms with Crippen molar-refractivity contribution in [1.82, 2.24) is 0 Å². The molecule has 0 aliphatic rings. The van der Waals surface area contributed by atoms with E-state index in [1.807, 2.05) is 0 Å². The highest BCUT2D eigenvalue weighted by molar-refractivity contribution is 5.88. The third kappa shape index (κ3) is 16.6. The summed E-state index contributed by atoms with van der Waals surface area (Å²) in [6, 6.07) is 10.5. The number of nitrogens with one attached hydrogen (secondary N) is 2. The molecule has 0 unspecified atom stereocenters. The number of amides is 1. The molecule has 0 saturated heterocycles. The molecule has 0 fully saturated rings. The molecule has 16 heteroatoms. The SMILES string of the molecule is CC(=O)Nc1ccc(OCCOCCOCCOCCOCCOCCOCCNc2ccc([N+](=O)[O-])cc2[N+](=O)[O-])cc1. The lowest BCUT2D eigenvalue weighted by molar-refractivity contribution is -0.393. The topological polar surface area (TPSA) is 192 Å². The van der Waals surface area contributed by atoms with Crippen LogP contribution in [-0.4, -0.2) is 108 Å². The monoisotopic (exact) mass is 624 g/mol. The van der Waals surface area contributed by atoms with E-state index < -0.39 is 9.85 Å². The lowest BCUT2D eigenvalue weighted by atomic mass is 10.2. The quantitative estimate of drug-likeness (QED) is 0.0882. The Hall–Kier alpha value is -3.93. The Labute approximate surface area is 255 Å². The number of non-ortho nitro benzene ring substituents is 1. The minimum Gasteiger partial charge on any atom is -0.491 e. The zero-order chi connectivity index (χ0) is 31.8. The molecule has 0 aliphatic heterocycles. The van der Waals surface area contributed by atoms with Crippen molar-refractivity contribution in [2.24, 2.45) is 0 Å². The molecule has 2 rings (SSSR count). The van der Waals surface area contributed by atoms with Crippen LogP contribution in [0.1, 0.15) is 6.92 Å². The van der Waals surface area contributed by atoms with Gasteiger partial charge in [0.25, 0.3) is 11.4 Å². The molecular formula is C28H40N4O12. The molecule has 2 aromatic carbocycles. The van der Waals surface area contributed by atoms with Gasteiger partial charge in [-0.15, -0.1) is 0 Å². The molecule has 0 heterocycles. The Morgan fingerprint density at radius 1 is 0.659 bits per heavy atom. The van der Waals surface area contributed by atoms with Gasteiger partial charge in [-0.1, -0.05) is 0 Å². The van der Waals surface area contributed by atoms with Gasteiger partial charge in [-0.2, -0.15) is 0 Å². The lowest BCUT2D eigenvalue weighted by Crippen LogP contribution is -2.15. The van der Waals surface area contributed by atoms with E-state index in [0.29, 0.717) is 90.7 Å². The Balaban J connectivity index is 1.29. The van der Waals surface area contributed by atoms with Gasteiger partial charge in [0, 0.05) is 25.2 Å². The number of hydrogen-bond acceptors (Lipinski definition) is 13. The van der Waals surface area contributed by atoms with Gasteiger partial charge in [0.2, 0.25) is 5.91 Å². The minimum absolute atomic E-state index is 0.123. The van der Waals surface area contributed by atoms with Crippen molar-refractivity contribution in [1.29, 1.82) is 0 Å². The second-order valence-corrected chi connectivity index (χ2v) is 8.87. The second-order valence-electron chi connectivity index (χ2n) is 8.87. The van der Waals surface area contributed by atoms with Gasteiger partial charge >= 0.3 is 0 Å². The zero-order valence-corrected chi connectivity index (χ0v) is 24.7. The van der Waals surface area contributed by atoms with Crippen LogP contribution in [0.15, 0.2) is 42.5 Å². The summed E-state index contributed by atoms with van der Waals surface area (Å²) in [5.41, 5.74) is 0.182. The molecule has 0 aliphatic carbocycles. The molecule has 0 spiro atoms. The molecule has 1 amide bonds. The highest BCUT2D eigenvalue weighted by atomic mass is 16.6. The van der Waals surface area contributed by atoms with Gasteiger partial charge in [-0.25, -0.2) is 0 Å².